The molecule has 1 atom stereocenters. The van der Waals surface area contributed by atoms with Crippen molar-refractivity contribution in [3.05, 3.63) is 0 Å². The molecule has 132 valence electrons. The van der Waals surface area contributed by atoms with Crippen LogP contribution >= 0.6 is 0 Å². The highest BCUT2D eigenvalue weighted by Gasteiger charge is 2.41. The smallest absolute Gasteiger partial charge is 0.312 e. The molecule has 0 aromatic heterocycles. The van der Waals surface area contributed by atoms with E-state index in [-0.39, 0.29) is 16.8 Å². The van der Waals surface area contributed by atoms with Gasteiger partial charge in [-0.25, -0.2) is 0 Å². The molecule has 0 aliphatic rings. The van der Waals surface area contributed by atoms with Crippen LogP contribution in [0.15, 0.2) is 0 Å². The molecule has 0 heterocycles. The minimum Gasteiger partial charge on any atom is -0.465 e. The van der Waals surface area contributed by atoms with E-state index in [4.69, 9.17) is 4.74 Å². The Labute approximate surface area is 139 Å². The van der Waals surface area contributed by atoms with Crippen molar-refractivity contribution >= 4 is 5.97 Å². The first-order valence-corrected chi connectivity index (χ1v) is 9.30. The van der Waals surface area contributed by atoms with Gasteiger partial charge in [0.1, 0.15) is 0 Å². The Hall–Kier alpha value is -0.530. The monoisotopic (exact) mass is 312 g/mol. The molecule has 0 radical (unpaired) electrons. The second-order valence-electron chi connectivity index (χ2n) is 8.57. The fraction of sp³-hybridized carbons (Fsp3) is 0.950. The van der Waals surface area contributed by atoms with E-state index < -0.39 is 0 Å². The Morgan fingerprint density at radius 1 is 0.909 bits per heavy atom. The van der Waals surface area contributed by atoms with E-state index in [9.17, 15) is 4.79 Å². The third kappa shape index (κ3) is 8.80. The lowest BCUT2D eigenvalue weighted by Crippen LogP contribution is -2.38. The van der Waals surface area contributed by atoms with Crippen molar-refractivity contribution in [2.45, 2.75) is 99.8 Å². The standard InChI is InChI=1S/C20H40O2/c1-8-9-10-11-12-13-14-15-22-18(21)20(7,17(2)3)16-19(4,5)6/h17H,8-16H2,1-7H3. The minimum absolute atomic E-state index is 0.0107. The van der Waals surface area contributed by atoms with Crippen LogP contribution < -0.4 is 0 Å². The lowest BCUT2D eigenvalue weighted by molar-refractivity contribution is -0.160. The molecular weight excluding hydrogens is 272 g/mol. The summed E-state index contributed by atoms with van der Waals surface area (Å²) in [4.78, 5) is 12.5. The van der Waals surface area contributed by atoms with Gasteiger partial charge in [-0.3, -0.25) is 4.79 Å². The van der Waals surface area contributed by atoms with Crippen LogP contribution in [0.2, 0.25) is 0 Å². The van der Waals surface area contributed by atoms with Crippen molar-refractivity contribution in [1.29, 1.82) is 0 Å². The van der Waals surface area contributed by atoms with Crippen molar-refractivity contribution in [3.8, 4) is 0 Å². The lowest BCUT2D eigenvalue weighted by atomic mass is 9.69. The molecule has 1 unspecified atom stereocenters. The first kappa shape index (κ1) is 21.5. The maximum Gasteiger partial charge on any atom is 0.312 e. The Morgan fingerprint density at radius 2 is 1.41 bits per heavy atom. The van der Waals surface area contributed by atoms with Gasteiger partial charge in [0, 0.05) is 0 Å². The Kier molecular flexibility index (Phi) is 10.0. The van der Waals surface area contributed by atoms with Gasteiger partial charge >= 0.3 is 5.97 Å². The molecule has 0 aromatic rings. The number of ether oxygens (including phenoxy) is 1. The van der Waals surface area contributed by atoms with Gasteiger partial charge in [-0.1, -0.05) is 80.1 Å². The van der Waals surface area contributed by atoms with Crippen molar-refractivity contribution in [3.63, 3.8) is 0 Å². The molecule has 22 heavy (non-hydrogen) atoms. The average Bonchev–Trinajstić information content (AvgIpc) is 2.39. The summed E-state index contributed by atoms with van der Waals surface area (Å²) in [7, 11) is 0. The Balaban J connectivity index is 4.10. The molecule has 0 N–H and O–H groups in total. The summed E-state index contributed by atoms with van der Waals surface area (Å²) >= 11 is 0. The second kappa shape index (κ2) is 10.3. The Bertz CT molecular complexity index is 301. The van der Waals surface area contributed by atoms with Crippen LogP contribution in [0.3, 0.4) is 0 Å². The van der Waals surface area contributed by atoms with Crippen molar-refractivity contribution in [2.24, 2.45) is 16.7 Å². The highest BCUT2D eigenvalue weighted by molar-refractivity contribution is 5.76. The van der Waals surface area contributed by atoms with E-state index in [2.05, 4.69) is 48.5 Å². The molecule has 0 fully saturated rings. The van der Waals surface area contributed by atoms with Crippen molar-refractivity contribution < 1.29 is 9.53 Å². The quantitative estimate of drug-likeness (QED) is 0.327. The molecule has 0 aliphatic carbocycles. The van der Waals surface area contributed by atoms with Gasteiger partial charge in [0.2, 0.25) is 0 Å². The predicted octanol–water partition coefficient (Wildman–Crippen LogP) is 6.38. The van der Waals surface area contributed by atoms with Gasteiger partial charge in [-0.15, -0.1) is 0 Å². The number of rotatable bonds is 11. The summed E-state index contributed by atoms with van der Waals surface area (Å²) in [5.41, 5.74) is -0.239. The molecule has 0 saturated carbocycles. The van der Waals surface area contributed by atoms with Crippen LogP contribution in [-0.2, 0) is 9.53 Å². The molecule has 0 bridgehead atoms. The average molecular weight is 313 g/mol. The molecule has 0 rings (SSSR count). The number of esters is 1. The van der Waals surface area contributed by atoms with Gasteiger partial charge in [0.25, 0.3) is 0 Å². The van der Waals surface area contributed by atoms with E-state index >= 15 is 0 Å². The summed E-state index contributed by atoms with van der Waals surface area (Å²) in [5.74, 6) is 0.289. The number of hydrogen-bond acceptors (Lipinski definition) is 2. The van der Waals surface area contributed by atoms with E-state index in [0.29, 0.717) is 12.5 Å². The van der Waals surface area contributed by atoms with Gasteiger partial charge in [0.15, 0.2) is 0 Å². The normalized spacial score (nSPS) is 14.9. The molecule has 0 aromatic carbocycles. The van der Waals surface area contributed by atoms with E-state index in [0.717, 1.165) is 12.8 Å². The highest BCUT2D eigenvalue weighted by Crippen LogP contribution is 2.40. The van der Waals surface area contributed by atoms with Gasteiger partial charge in [-0.2, -0.15) is 0 Å². The molecule has 0 aliphatic heterocycles. The fourth-order valence-electron chi connectivity index (χ4n) is 3.00. The topological polar surface area (TPSA) is 26.3 Å². The predicted molar refractivity (Wildman–Crippen MR) is 96.0 cm³/mol. The van der Waals surface area contributed by atoms with Crippen LogP contribution in [-0.4, -0.2) is 12.6 Å². The third-order valence-electron chi connectivity index (χ3n) is 4.62. The zero-order chi connectivity index (χ0) is 17.2. The maximum absolute atomic E-state index is 12.5. The number of hydrogen-bond donors (Lipinski definition) is 0. The van der Waals surface area contributed by atoms with Gasteiger partial charge in [-0.05, 0) is 31.1 Å². The third-order valence-corrected chi connectivity index (χ3v) is 4.62. The largest absolute Gasteiger partial charge is 0.465 e. The van der Waals surface area contributed by atoms with E-state index in [1.54, 1.807) is 0 Å². The molecule has 2 heteroatoms. The maximum atomic E-state index is 12.5. The zero-order valence-corrected chi connectivity index (χ0v) is 16.3. The molecule has 2 nitrogen and oxygen atoms in total. The summed E-state index contributed by atoms with van der Waals surface area (Å²) in [6.45, 7) is 15.7. The number of carbonyl (C=O) groups excluding carboxylic acids is 1. The lowest BCUT2D eigenvalue weighted by Gasteiger charge is -2.36. The molecule has 0 amide bonds. The van der Waals surface area contributed by atoms with Crippen molar-refractivity contribution in [2.75, 3.05) is 6.61 Å². The molecule has 0 spiro atoms. The minimum atomic E-state index is -0.376. The van der Waals surface area contributed by atoms with Crippen molar-refractivity contribution in [1.82, 2.24) is 0 Å². The summed E-state index contributed by atoms with van der Waals surface area (Å²) in [5, 5.41) is 0. The van der Waals surface area contributed by atoms with Crippen LogP contribution in [0.4, 0.5) is 0 Å². The van der Waals surface area contributed by atoms with Crippen LogP contribution in [0.25, 0.3) is 0 Å². The number of unbranched alkanes of at least 4 members (excludes halogenated alkanes) is 6. The first-order chi connectivity index (χ1) is 10.1. The van der Waals surface area contributed by atoms with Crippen LogP contribution in [0, 0.1) is 16.7 Å². The summed E-state index contributed by atoms with van der Waals surface area (Å²) in [6, 6.07) is 0. The summed E-state index contributed by atoms with van der Waals surface area (Å²) in [6.07, 6.45) is 9.60. The molecule has 0 saturated heterocycles. The first-order valence-electron chi connectivity index (χ1n) is 9.30. The zero-order valence-electron chi connectivity index (χ0n) is 16.3. The van der Waals surface area contributed by atoms with Crippen LogP contribution in [0.5, 0.6) is 0 Å². The SMILES string of the molecule is CCCCCCCCCOC(=O)C(C)(CC(C)(C)C)C(C)C. The van der Waals surface area contributed by atoms with Crippen LogP contribution in [0.1, 0.15) is 99.8 Å². The Morgan fingerprint density at radius 3 is 1.86 bits per heavy atom. The summed E-state index contributed by atoms with van der Waals surface area (Å²) < 4.78 is 5.60. The fourth-order valence-corrected chi connectivity index (χ4v) is 3.00. The second-order valence-corrected chi connectivity index (χ2v) is 8.57. The van der Waals surface area contributed by atoms with E-state index in [1.807, 2.05) is 0 Å². The highest BCUT2D eigenvalue weighted by atomic mass is 16.5. The van der Waals surface area contributed by atoms with Gasteiger partial charge < -0.3 is 4.74 Å². The van der Waals surface area contributed by atoms with Gasteiger partial charge in [0.05, 0.1) is 12.0 Å². The molecular formula is C20H40O2. The number of carbonyl (C=O) groups is 1. The van der Waals surface area contributed by atoms with E-state index in [1.165, 1.54) is 38.5 Å².